The summed E-state index contributed by atoms with van der Waals surface area (Å²) >= 11 is 0. The van der Waals surface area contributed by atoms with Gasteiger partial charge in [0.05, 0.1) is 11.6 Å². The summed E-state index contributed by atoms with van der Waals surface area (Å²) in [6, 6.07) is 11.2. The standard InChI is InChI=1S/C20H18F3N3O/c1-13-2-4-14(5-3-13)17(12-24)25-8-10-26(11-9-25)20(27)15-6-7-16(21)19(23)18(15)22/h2-7,17H,8-11H2,1H3. The fourth-order valence-electron chi connectivity index (χ4n) is 3.16. The number of nitriles is 1. The molecule has 27 heavy (non-hydrogen) atoms. The first-order valence-corrected chi connectivity index (χ1v) is 8.55. The van der Waals surface area contributed by atoms with Crippen LogP contribution in [0.4, 0.5) is 13.2 Å². The van der Waals surface area contributed by atoms with Gasteiger partial charge in [0.15, 0.2) is 17.5 Å². The van der Waals surface area contributed by atoms with Crippen LogP contribution in [-0.2, 0) is 0 Å². The Morgan fingerprint density at radius 2 is 1.63 bits per heavy atom. The van der Waals surface area contributed by atoms with E-state index in [4.69, 9.17) is 0 Å². The first kappa shape index (κ1) is 18.9. The van der Waals surface area contributed by atoms with E-state index in [0.29, 0.717) is 13.1 Å². The predicted octanol–water partition coefficient (Wildman–Crippen LogP) is 3.44. The van der Waals surface area contributed by atoms with Crippen molar-refractivity contribution in [2.45, 2.75) is 13.0 Å². The summed E-state index contributed by atoms with van der Waals surface area (Å²) in [6.45, 7) is 3.34. The molecule has 0 aliphatic carbocycles. The number of hydrogen-bond acceptors (Lipinski definition) is 3. The zero-order chi connectivity index (χ0) is 19.6. The molecule has 1 aliphatic heterocycles. The topological polar surface area (TPSA) is 47.3 Å². The van der Waals surface area contributed by atoms with Crippen molar-refractivity contribution in [2.75, 3.05) is 26.2 Å². The van der Waals surface area contributed by atoms with Gasteiger partial charge < -0.3 is 4.90 Å². The van der Waals surface area contributed by atoms with Crippen LogP contribution in [-0.4, -0.2) is 41.9 Å². The van der Waals surface area contributed by atoms with Gasteiger partial charge >= 0.3 is 0 Å². The van der Waals surface area contributed by atoms with Crippen LogP contribution in [0, 0.1) is 35.7 Å². The number of carbonyl (C=O) groups excluding carboxylic acids is 1. The van der Waals surface area contributed by atoms with Crippen LogP contribution in [0.5, 0.6) is 0 Å². The molecular weight excluding hydrogens is 355 g/mol. The Hall–Kier alpha value is -2.85. The Labute approximate surface area is 155 Å². The molecule has 7 heteroatoms. The maximum Gasteiger partial charge on any atom is 0.257 e. The number of hydrogen-bond donors (Lipinski definition) is 0. The van der Waals surface area contributed by atoms with Gasteiger partial charge in [-0.25, -0.2) is 13.2 Å². The maximum absolute atomic E-state index is 13.9. The van der Waals surface area contributed by atoms with Crippen LogP contribution in [0.3, 0.4) is 0 Å². The van der Waals surface area contributed by atoms with Crippen molar-refractivity contribution in [3.05, 3.63) is 70.5 Å². The number of rotatable bonds is 3. The normalized spacial score (nSPS) is 16.0. The van der Waals surface area contributed by atoms with Crippen LogP contribution >= 0.6 is 0 Å². The van der Waals surface area contributed by atoms with Crippen molar-refractivity contribution >= 4 is 5.91 Å². The van der Waals surface area contributed by atoms with Crippen LogP contribution in [0.1, 0.15) is 27.5 Å². The van der Waals surface area contributed by atoms with E-state index in [1.54, 1.807) is 0 Å². The molecule has 1 atom stereocenters. The highest BCUT2D eigenvalue weighted by molar-refractivity contribution is 5.94. The van der Waals surface area contributed by atoms with Crippen molar-refractivity contribution in [1.82, 2.24) is 9.80 Å². The maximum atomic E-state index is 13.9. The van der Waals surface area contributed by atoms with E-state index in [-0.39, 0.29) is 13.1 Å². The van der Waals surface area contributed by atoms with E-state index < -0.39 is 35.0 Å². The monoisotopic (exact) mass is 373 g/mol. The molecule has 0 N–H and O–H groups in total. The SMILES string of the molecule is Cc1ccc(C(C#N)N2CCN(C(=O)c3ccc(F)c(F)c3F)CC2)cc1. The molecule has 0 radical (unpaired) electrons. The molecule has 1 heterocycles. The Bertz CT molecular complexity index is 885. The zero-order valence-corrected chi connectivity index (χ0v) is 14.8. The highest BCUT2D eigenvalue weighted by Crippen LogP contribution is 2.23. The van der Waals surface area contributed by atoms with E-state index in [9.17, 15) is 23.2 Å². The second-order valence-corrected chi connectivity index (χ2v) is 6.49. The summed E-state index contributed by atoms with van der Waals surface area (Å²) in [5.74, 6) is -5.14. The lowest BCUT2D eigenvalue weighted by atomic mass is 10.0. The summed E-state index contributed by atoms with van der Waals surface area (Å²) in [5, 5.41) is 9.55. The van der Waals surface area contributed by atoms with Crippen LogP contribution in [0.15, 0.2) is 36.4 Å². The van der Waals surface area contributed by atoms with E-state index in [1.807, 2.05) is 36.1 Å². The molecule has 2 aromatic carbocycles. The van der Waals surface area contributed by atoms with Crippen molar-refractivity contribution in [3.63, 3.8) is 0 Å². The Kier molecular flexibility index (Phi) is 5.47. The van der Waals surface area contributed by atoms with Crippen LogP contribution in [0.25, 0.3) is 0 Å². The number of amides is 1. The van der Waals surface area contributed by atoms with Gasteiger partial charge in [0.1, 0.15) is 6.04 Å². The molecule has 3 rings (SSSR count). The molecule has 4 nitrogen and oxygen atoms in total. The van der Waals surface area contributed by atoms with Crippen molar-refractivity contribution in [3.8, 4) is 6.07 Å². The van der Waals surface area contributed by atoms with Gasteiger partial charge in [0, 0.05) is 26.2 Å². The van der Waals surface area contributed by atoms with Gasteiger partial charge in [-0.15, -0.1) is 0 Å². The van der Waals surface area contributed by atoms with E-state index >= 15 is 0 Å². The lowest BCUT2D eigenvalue weighted by molar-refractivity contribution is 0.0600. The molecule has 0 spiro atoms. The summed E-state index contributed by atoms with van der Waals surface area (Å²) in [7, 11) is 0. The fourth-order valence-corrected chi connectivity index (χ4v) is 3.16. The van der Waals surface area contributed by atoms with Crippen molar-refractivity contribution < 1.29 is 18.0 Å². The van der Waals surface area contributed by atoms with Gasteiger partial charge in [0.2, 0.25) is 0 Å². The number of aryl methyl sites for hydroxylation is 1. The molecule has 0 bridgehead atoms. The van der Waals surface area contributed by atoms with E-state index in [2.05, 4.69) is 6.07 Å². The van der Waals surface area contributed by atoms with Gasteiger partial charge in [-0.2, -0.15) is 5.26 Å². The third kappa shape index (κ3) is 3.81. The molecule has 1 amide bonds. The first-order valence-electron chi connectivity index (χ1n) is 8.55. The molecule has 1 saturated heterocycles. The minimum absolute atomic E-state index is 0.265. The fraction of sp³-hybridized carbons (Fsp3) is 0.300. The summed E-state index contributed by atoms with van der Waals surface area (Å²) < 4.78 is 40.3. The minimum atomic E-state index is -1.65. The smallest absolute Gasteiger partial charge is 0.257 e. The zero-order valence-electron chi connectivity index (χ0n) is 14.8. The molecule has 2 aromatic rings. The first-order chi connectivity index (χ1) is 12.9. The van der Waals surface area contributed by atoms with Crippen molar-refractivity contribution in [1.29, 1.82) is 5.26 Å². The molecule has 0 aromatic heterocycles. The van der Waals surface area contributed by atoms with Crippen molar-refractivity contribution in [2.24, 2.45) is 0 Å². The third-order valence-electron chi connectivity index (χ3n) is 4.75. The average Bonchev–Trinajstić information content (AvgIpc) is 2.68. The predicted molar refractivity (Wildman–Crippen MR) is 93.3 cm³/mol. The van der Waals surface area contributed by atoms with Gasteiger partial charge in [-0.05, 0) is 24.6 Å². The summed E-state index contributed by atoms with van der Waals surface area (Å²) in [6.07, 6.45) is 0. The average molecular weight is 373 g/mol. The quantitative estimate of drug-likeness (QED) is 0.775. The number of benzene rings is 2. The second kappa shape index (κ2) is 7.80. The molecule has 1 fully saturated rings. The molecule has 140 valence electrons. The third-order valence-corrected chi connectivity index (χ3v) is 4.75. The molecule has 1 unspecified atom stereocenters. The van der Waals surface area contributed by atoms with Gasteiger partial charge in [-0.3, -0.25) is 9.69 Å². The lowest BCUT2D eigenvalue weighted by Crippen LogP contribution is -2.49. The highest BCUT2D eigenvalue weighted by Gasteiger charge is 2.29. The number of halogens is 3. The summed E-state index contributed by atoms with van der Waals surface area (Å²) in [4.78, 5) is 15.8. The van der Waals surface area contributed by atoms with Crippen LogP contribution < -0.4 is 0 Å². The Balaban J connectivity index is 1.69. The summed E-state index contributed by atoms with van der Waals surface area (Å²) in [5.41, 5.74) is 1.48. The minimum Gasteiger partial charge on any atom is -0.336 e. The molecule has 1 aliphatic rings. The Morgan fingerprint density at radius 3 is 2.22 bits per heavy atom. The van der Waals surface area contributed by atoms with Gasteiger partial charge in [-0.1, -0.05) is 29.8 Å². The molecule has 0 saturated carbocycles. The lowest BCUT2D eigenvalue weighted by Gasteiger charge is -2.37. The van der Waals surface area contributed by atoms with Gasteiger partial charge in [0.25, 0.3) is 5.91 Å². The van der Waals surface area contributed by atoms with E-state index in [1.165, 1.54) is 4.90 Å². The second-order valence-electron chi connectivity index (χ2n) is 6.49. The number of piperazine rings is 1. The largest absolute Gasteiger partial charge is 0.336 e. The Morgan fingerprint density at radius 1 is 1.00 bits per heavy atom. The number of carbonyl (C=O) groups is 1. The molecular formula is C20H18F3N3O. The number of nitrogens with zero attached hydrogens (tertiary/aromatic N) is 3. The highest BCUT2D eigenvalue weighted by atomic mass is 19.2. The van der Waals surface area contributed by atoms with E-state index in [0.717, 1.165) is 23.3 Å². The van der Waals surface area contributed by atoms with Crippen LogP contribution in [0.2, 0.25) is 0 Å².